The first-order valence-corrected chi connectivity index (χ1v) is 6.58. The maximum Gasteiger partial charge on any atom is 0.109 e. The molecule has 94 valence electrons. The maximum atomic E-state index is 9.62. The van der Waals surface area contributed by atoms with E-state index in [-0.39, 0.29) is 5.54 Å². The van der Waals surface area contributed by atoms with Crippen LogP contribution in [0.4, 0.5) is 0 Å². The van der Waals surface area contributed by atoms with Gasteiger partial charge in [-0.25, -0.2) is 0 Å². The van der Waals surface area contributed by atoms with Gasteiger partial charge in [0.1, 0.15) is 5.54 Å². The number of nitrogens with zero attached hydrogens (tertiary/aromatic N) is 2. The van der Waals surface area contributed by atoms with Gasteiger partial charge >= 0.3 is 0 Å². The molecule has 0 aromatic rings. The summed E-state index contributed by atoms with van der Waals surface area (Å²) in [6.07, 6.45) is 1.95. The van der Waals surface area contributed by atoms with Crippen LogP contribution in [0.5, 0.6) is 0 Å². The van der Waals surface area contributed by atoms with Crippen molar-refractivity contribution in [1.82, 2.24) is 4.90 Å². The fourth-order valence-electron chi connectivity index (χ4n) is 2.68. The molecule has 0 radical (unpaired) electrons. The lowest BCUT2D eigenvalue weighted by molar-refractivity contribution is 0.105. The molecule has 0 aliphatic heterocycles. The summed E-state index contributed by atoms with van der Waals surface area (Å²) in [5.74, 6) is 1.14. The Kier molecular flexibility index (Phi) is 6.67. The van der Waals surface area contributed by atoms with Gasteiger partial charge in [0, 0.05) is 0 Å². The van der Waals surface area contributed by atoms with Gasteiger partial charge in [0.15, 0.2) is 0 Å². The maximum absolute atomic E-state index is 9.62. The van der Waals surface area contributed by atoms with Gasteiger partial charge in [-0.15, -0.1) is 0 Å². The normalized spacial score (nSPS) is 12.5. The van der Waals surface area contributed by atoms with E-state index in [0.717, 1.165) is 25.9 Å². The monoisotopic (exact) mass is 224 g/mol. The van der Waals surface area contributed by atoms with Crippen molar-refractivity contribution in [1.29, 1.82) is 5.26 Å². The number of hydrogen-bond donors (Lipinski definition) is 0. The van der Waals surface area contributed by atoms with Gasteiger partial charge in [-0.2, -0.15) is 5.26 Å². The molecule has 2 heteroatoms. The molecule has 0 unspecified atom stereocenters. The van der Waals surface area contributed by atoms with Crippen LogP contribution in [-0.2, 0) is 0 Å². The van der Waals surface area contributed by atoms with Gasteiger partial charge in [0.05, 0.1) is 6.07 Å². The first-order valence-electron chi connectivity index (χ1n) is 6.58. The third kappa shape index (κ3) is 4.14. The first kappa shape index (κ1) is 15.4. The highest BCUT2D eigenvalue weighted by atomic mass is 15.2. The molecule has 0 amide bonds. The second-order valence-corrected chi connectivity index (χ2v) is 5.51. The highest BCUT2D eigenvalue weighted by molar-refractivity contribution is 5.09. The zero-order valence-electron chi connectivity index (χ0n) is 11.9. The van der Waals surface area contributed by atoms with E-state index < -0.39 is 0 Å². The molecule has 2 nitrogen and oxygen atoms in total. The van der Waals surface area contributed by atoms with Crippen LogP contribution in [0.25, 0.3) is 0 Å². The van der Waals surface area contributed by atoms with Crippen LogP contribution in [-0.4, -0.2) is 23.5 Å². The lowest BCUT2D eigenvalue weighted by Gasteiger charge is -2.40. The Morgan fingerprint density at radius 2 is 1.38 bits per heavy atom. The SMILES string of the molecule is CCN(CC)C(C#N)(CC(C)C)CC(C)C. The van der Waals surface area contributed by atoms with Crippen LogP contribution in [0, 0.1) is 23.2 Å². The summed E-state index contributed by atoms with van der Waals surface area (Å²) in [6.45, 7) is 15.0. The van der Waals surface area contributed by atoms with E-state index in [1.807, 2.05) is 0 Å². The number of nitriles is 1. The smallest absolute Gasteiger partial charge is 0.109 e. The van der Waals surface area contributed by atoms with Crippen LogP contribution in [0.3, 0.4) is 0 Å². The molecule has 16 heavy (non-hydrogen) atoms. The summed E-state index contributed by atoms with van der Waals surface area (Å²) in [7, 11) is 0. The van der Waals surface area contributed by atoms with Gasteiger partial charge < -0.3 is 0 Å². The lowest BCUT2D eigenvalue weighted by atomic mass is 9.81. The molecule has 0 bridgehead atoms. The van der Waals surface area contributed by atoms with Gasteiger partial charge in [-0.1, -0.05) is 41.5 Å². The van der Waals surface area contributed by atoms with Crippen molar-refractivity contribution in [2.75, 3.05) is 13.1 Å². The summed E-state index contributed by atoms with van der Waals surface area (Å²) in [4.78, 5) is 2.33. The van der Waals surface area contributed by atoms with E-state index in [1.54, 1.807) is 0 Å². The van der Waals surface area contributed by atoms with Crippen LogP contribution in [0.15, 0.2) is 0 Å². The highest BCUT2D eigenvalue weighted by Crippen LogP contribution is 2.30. The second-order valence-electron chi connectivity index (χ2n) is 5.51. The topological polar surface area (TPSA) is 27.0 Å². The summed E-state index contributed by atoms with van der Waals surface area (Å²) >= 11 is 0. The molecule has 0 N–H and O–H groups in total. The standard InChI is InChI=1S/C14H28N2/c1-7-16(8-2)14(11-15,9-12(3)4)10-13(5)6/h12-13H,7-10H2,1-6H3. The van der Waals surface area contributed by atoms with Gasteiger partial charge in [0.25, 0.3) is 0 Å². The van der Waals surface area contributed by atoms with E-state index in [2.05, 4.69) is 52.5 Å². The van der Waals surface area contributed by atoms with Crippen molar-refractivity contribution in [3.05, 3.63) is 0 Å². The Bertz CT molecular complexity index is 211. The molecule has 0 rings (SSSR count). The minimum atomic E-state index is -0.258. The van der Waals surface area contributed by atoms with Crippen LogP contribution < -0.4 is 0 Å². The Morgan fingerprint density at radius 3 is 1.56 bits per heavy atom. The Morgan fingerprint density at radius 1 is 1.00 bits per heavy atom. The van der Waals surface area contributed by atoms with Crippen LogP contribution >= 0.6 is 0 Å². The Hall–Kier alpha value is -0.550. The van der Waals surface area contributed by atoms with Crippen molar-refractivity contribution in [3.63, 3.8) is 0 Å². The molecular weight excluding hydrogens is 196 g/mol. The van der Waals surface area contributed by atoms with Gasteiger partial charge in [-0.3, -0.25) is 4.90 Å². The van der Waals surface area contributed by atoms with Crippen molar-refractivity contribution in [3.8, 4) is 6.07 Å². The first-order chi connectivity index (χ1) is 7.41. The molecule has 0 saturated carbocycles. The number of hydrogen-bond acceptors (Lipinski definition) is 2. The summed E-state index contributed by atoms with van der Waals surface area (Å²) in [6, 6.07) is 2.61. The zero-order chi connectivity index (χ0) is 12.8. The molecule has 0 fully saturated rings. The predicted molar refractivity (Wildman–Crippen MR) is 70.2 cm³/mol. The fourth-order valence-corrected chi connectivity index (χ4v) is 2.68. The Labute approximate surface area is 102 Å². The molecule has 0 heterocycles. The third-order valence-electron chi connectivity index (χ3n) is 3.07. The van der Waals surface area contributed by atoms with Crippen molar-refractivity contribution in [2.24, 2.45) is 11.8 Å². The largest absolute Gasteiger partial charge is 0.286 e. The molecule has 0 atom stereocenters. The third-order valence-corrected chi connectivity index (χ3v) is 3.07. The van der Waals surface area contributed by atoms with Crippen molar-refractivity contribution < 1.29 is 0 Å². The molecule has 0 aromatic heterocycles. The minimum Gasteiger partial charge on any atom is -0.286 e. The van der Waals surface area contributed by atoms with E-state index in [4.69, 9.17) is 0 Å². The van der Waals surface area contributed by atoms with E-state index >= 15 is 0 Å². The summed E-state index contributed by atoms with van der Waals surface area (Å²) < 4.78 is 0. The quantitative estimate of drug-likeness (QED) is 0.659. The molecule has 0 aromatic carbocycles. The molecule has 0 aliphatic rings. The number of rotatable bonds is 7. The average molecular weight is 224 g/mol. The van der Waals surface area contributed by atoms with Crippen molar-refractivity contribution >= 4 is 0 Å². The summed E-state index contributed by atoms with van der Waals surface area (Å²) in [5.41, 5.74) is -0.258. The predicted octanol–water partition coefficient (Wildman–Crippen LogP) is 3.68. The van der Waals surface area contributed by atoms with E-state index in [1.165, 1.54) is 0 Å². The molecule has 0 spiro atoms. The highest BCUT2D eigenvalue weighted by Gasteiger charge is 2.36. The molecule has 0 aliphatic carbocycles. The lowest BCUT2D eigenvalue weighted by Crippen LogP contribution is -2.49. The van der Waals surface area contributed by atoms with Crippen LogP contribution in [0.1, 0.15) is 54.4 Å². The zero-order valence-corrected chi connectivity index (χ0v) is 11.9. The minimum absolute atomic E-state index is 0.258. The molecule has 0 saturated heterocycles. The second kappa shape index (κ2) is 6.91. The average Bonchev–Trinajstić information content (AvgIpc) is 2.17. The van der Waals surface area contributed by atoms with Gasteiger partial charge in [0.2, 0.25) is 0 Å². The summed E-state index contributed by atoms with van der Waals surface area (Å²) in [5, 5.41) is 9.62. The van der Waals surface area contributed by atoms with Gasteiger partial charge in [-0.05, 0) is 37.8 Å². The van der Waals surface area contributed by atoms with E-state index in [9.17, 15) is 5.26 Å². The molecular formula is C14H28N2. The van der Waals surface area contributed by atoms with E-state index in [0.29, 0.717) is 11.8 Å². The Balaban J connectivity index is 5.02. The fraction of sp³-hybridized carbons (Fsp3) is 0.929. The van der Waals surface area contributed by atoms with Crippen molar-refractivity contribution in [2.45, 2.75) is 59.9 Å². The van der Waals surface area contributed by atoms with Crippen LogP contribution in [0.2, 0.25) is 0 Å².